The molecule has 0 spiro atoms. The number of nitrogens with one attached hydrogen (secondary N) is 11. The van der Waals surface area contributed by atoms with E-state index in [9.17, 15) is 57.0 Å². The first-order valence-corrected chi connectivity index (χ1v) is 31.0. The predicted molar refractivity (Wildman–Crippen MR) is 341 cm³/mol. The second-order valence-electron chi connectivity index (χ2n) is 23.8. The Morgan fingerprint density at radius 1 is 0.677 bits per heavy atom. The normalized spacial score (nSPS) is 22.9. The molecule has 1 saturated heterocycles. The summed E-state index contributed by atoms with van der Waals surface area (Å²) in [6.45, 7) is 2.86. The molecule has 7 aromatic rings. The van der Waals surface area contributed by atoms with Gasteiger partial charge < -0.3 is 82.7 Å². The number of methoxy groups -OCH3 is 1. The monoisotopic (exact) mass is 1320 g/mol. The van der Waals surface area contributed by atoms with E-state index in [1.54, 1.807) is 48.5 Å². The number of ether oxygens (including phenoxy) is 2. The van der Waals surface area contributed by atoms with Gasteiger partial charge in [0.1, 0.15) is 77.6 Å². The average molecular weight is 1330 g/mol. The summed E-state index contributed by atoms with van der Waals surface area (Å²) in [6.07, 6.45) is 2.69. The molecule has 14 N–H and O–H groups in total. The van der Waals surface area contributed by atoms with Crippen LogP contribution >= 0.6 is 0 Å². The van der Waals surface area contributed by atoms with Crippen LogP contribution in [-0.4, -0.2) is 170 Å². The highest BCUT2D eigenvalue weighted by Gasteiger charge is 2.49. The number of primary amides is 1. The molecule has 3 aliphatic heterocycles. The third kappa shape index (κ3) is 17.7. The van der Waals surface area contributed by atoms with E-state index < -0.39 is 137 Å². The SMILES string of the molecule is COc1ccc(C[C@@H]2NC(=O)[C@@H](Cc3cnc[nH]3)NC(=O)[C@H](CC(=O)O)NC(=O)[C@@H](Cc3c[nH]c4ccc(F)cc34)NC(=O)[C@H](Cc3c[nH]c4ccc(F)cc34)NC(=O)[C@@H](C)NC(=O)CCC(=O)NCCOc3ccc(cc3)C[C@@H](C(N)=O)NC(=O)[C@]3(C)CCCN3C2=O)cc1. The van der Waals surface area contributed by atoms with Gasteiger partial charge in [-0.3, -0.25) is 52.7 Å². The van der Waals surface area contributed by atoms with Gasteiger partial charge >= 0.3 is 5.97 Å². The number of fused-ring (bicyclic) bond motifs is 32. The Morgan fingerprint density at radius 2 is 1.24 bits per heavy atom. The summed E-state index contributed by atoms with van der Waals surface area (Å²) in [6, 6.07) is 9.42. The predicted octanol–water partition coefficient (Wildman–Crippen LogP) is 1.22. The van der Waals surface area contributed by atoms with E-state index in [4.69, 9.17) is 15.2 Å². The number of H-pyrrole nitrogens is 3. The van der Waals surface area contributed by atoms with Crippen LogP contribution in [0.3, 0.4) is 0 Å². The fraction of sp³-hybridized carbons (Fsp3) is 0.364. The molecule has 1 fully saturated rings. The number of aromatic amines is 3. The second kappa shape index (κ2) is 31.2. The molecule has 506 valence electrons. The highest BCUT2D eigenvalue weighted by molar-refractivity contribution is 6.01. The smallest absolute Gasteiger partial charge is 0.305 e. The van der Waals surface area contributed by atoms with Gasteiger partial charge in [-0.15, -0.1) is 0 Å². The maximum absolute atomic E-state index is 15.2. The van der Waals surface area contributed by atoms with Crippen LogP contribution in [0.15, 0.2) is 110 Å². The number of amides is 10. The van der Waals surface area contributed by atoms with E-state index in [0.29, 0.717) is 51.0 Å². The lowest BCUT2D eigenvalue weighted by atomic mass is 9.94. The summed E-state index contributed by atoms with van der Waals surface area (Å²) in [5, 5.41) is 31.7. The van der Waals surface area contributed by atoms with Crippen molar-refractivity contribution >= 4 is 86.8 Å². The van der Waals surface area contributed by atoms with Crippen molar-refractivity contribution in [1.82, 2.24) is 67.4 Å². The summed E-state index contributed by atoms with van der Waals surface area (Å²) in [7, 11) is 1.46. The fourth-order valence-corrected chi connectivity index (χ4v) is 11.6. The maximum Gasteiger partial charge on any atom is 0.305 e. The van der Waals surface area contributed by atoms with Crippen molar-refractivity contribution in [3.8, 4) is 11.5 Å². The number of hydrogen-bond acceptors (Lipinski definition) is 14. The average Bonchev–Trinajstić information content (AvgIpc) is 1.59. The molecule has 4 aromatic carbocycles. The molecule has 28 nitrogen and oxygen atoms in total. The maximum atomic E-state index is 15.2. The number of carboxylic acid groups (broad SMARTS) is 1. The van der Waals surface area contributed by atoms with Gasteiger partial charge in [0.2, 0.25) is 59.1 Å². The summed E-state index contributed by atoms with van der Waals surface area (Å²) in [5.74, 6) is -11.1. The van der Waals surface area contributed by atoms with Gasteiger partial charge in [-0.1, -0.05) is 24.3 Å². The molecular formula is C66H74F2N14O14. The lowest BCUT2D eigenvalue weighted by Crippen LogP contribution is -2.63. The molecule has 0 unspecified atom stereocenters. The standard InChI is InChI=1S/C66H74F2N14O14/c1-35-59(88)76-50(25-38-31-72-47-15-9-40(67)27-45(38)47)60(89)77-51(26-39-32-73-48-16-10-41(68)28-46(39)48)61(90)79-53(30-57(85)86)63(92)78-52(29-42-33-70-34-74-42)62(91)80-54(24-37-5-11-43(95-3)12-6-37)64(93)82-21-4-19-66(82,2)65(94)81-49(58(69)87)23-36-7-13-44(14-8-36)96-22-20-71-55(83)17-18-56(84)75-35/h5-16,27-28,31-35,49-54,72-73H,4,17-26,29-30H2,1-3H3,(H2,69,87)(H,70,74)(H,71,83)(H,75,84)(H,76,88)(H,77,89)(H,78,92)(H,79,90)(H,80,91)(H,81,94)(H,85,86)/t35-,49+,50+,51-,52-,53+,54+,66+/m1/s1. The molecule has 0 aliphatic carbocycles. The molecule has 6 heterocycles. The number of nitrogens with two attached hydrogens (primary N) is 1. The molecule has 10 amide bonds. The molecule has 8 atom stereocenters. The van der Waals surface area contributed by atoms with E-state index in [1.807, 2.05) is 0 Å². The minimum Gasteiger partial charge on any atom is -0.497 e. The Morgan fingerprint density at radius 3 is 1.81 bits per heavy atom. The Labute approximate surface area is 547 Å². The third-order valence-corrected chi connectivity index (χ3v) is 16.9. The van der Waals surface area contributed by atoms with Gasteiger partial charge in [-0.25, -0.2) is 13.8 Å². The van der Waals surface area contributed by atoms with Crippen molar-refractivity contribution in [2.75, 3.05) is 26.8 Å². The number of nitrogens with zero attached hydrogens (tertiary/aromatic N) is 2. The minimum atomic E-state index is -2.03. The molecule has 30 heteroatoms. The Kier molecular flexibility index (Phi) is 22.4. The number of rotatable bonds is 12. The van der Waals surface area contributed by atoms with Gasteiger partial charge in [0.05, 0.1) is 26.4 Å². The fourth-order valence-electron chi connectivity index (χ4n) is 11.6. The second-order valence-corrected chi connectivity index (χ2v) is 23.8. The van der Waals surface area contributed by atoms with Crippen LogP contribution in [0.2, 0.25) is 0 Å². The van der Waals surface area contributed by atoms with Crippen molar-refractivity contribution in [3.63, 3.8) is 0 Å². The number of carbonyl (C=O) groups excluding carboxylic acids is 10. The number of imidazole rings is 1. The first-order valence-electron chi connectivity index (χ1n) is 31.0. The summed E-state index contributed by atoms with van der Waals surface area (Å²) in [5.41, 5.74) is 7.02. The van der Waals surface area contributed by atoms with E-state index in [0.717, 1.165) is 6.07 Å². The molecule has 2 bridgehead atoms. The van der Waals surface area contributed by atoms with Crippen molar-refractivity contribution < 1.29 is 76.1 Å². The van der Waals surface area contributed by atoms with E-state index in [2.05, 4.69) is 62.5 Å². The van der Waals surface area contributed by atoms with Crippen LogP contribution in [0.5, 0.6) is 11.5 Å². The Hall–Kier alpha value is -11.2. The van der Waals surface area contributed by atoms with Crippen molar-refractivity contribution in [1.29, 1.82) is 0 Å². The van der Waals surface area contributed by atoms with Crippen LogP contribution in [0.1, 0.15) is 73.9 Å². The number of benzene rings is 4. The van der Waals surface area contributed by atoms with Crippen molar-refractivity contribution in [3.05, 3.63) is 149 Å². The lowest BCUT2D eigenvalue weighted by Gasteiger charge is -2.37. The van der Waals surface area contributed by atoms with Crippen LogP contribution < -0.4 is 57.7 Å². The van der Waals surface area contributed by atoms with E-state index in [1.165, 1.54) is 81.1 Å². The summed E-state index contributed by atoms with van der Waals surface area (Å²) in [4.78, 5) is 170. The molecule has 0 saturated carbocycles. The first-order chi connectivity index (χ1) is 45.9. The van der Waals surface area contributed by atoms with Crippen molar-refractivity contribution in [2.24, 2.45) is 5.73 Å². The van der Waals surface area contributed by atoms with Crippen LogP contribution in [0, 0.1) is 11.6 Å². The largest absolute Gasteiger partial charge is 0.497 e. The topological polar surface area (TPSA) is 412 Å². The zero-order valence-corrected chi connectivity index (χ0v) is 52.6. The van der Waals surface area contributed by atoms with E-state index >= 15 is 9.59 Å². The van der Waals surface area contributed by atoms with Crippen molar-refractivity contribution in [2.45, 2.75) is 126 Å². The summed E-state index contributed by atoms with van der Waals surface area (Å²) < 4.78 is 40.8. The minimum absolute atomic E-state index is 0.00285. The van der Waals surface area contributed by atoms with Gasteiger partial charge in [0.25, 0.3) is 0 Å². The third-order valence-electron chi connectivity index (χ3n) is 16.9. The number of halogens is 2. The van der Waals surface area contributed by atoms with Crippen LogP contribution in [0.4, 0.5) is 8.78 Å². The first kappa shape index (κ1) is 69.1. The molecule has 3 aromatic heterocycles. The zero-order chi connectivity index (χ0) is 68.8. The molecule has 3 aliphatic rings. The number of aromatic nitrogens is 4. The summed E-state index contributed by atoms with van der Waals surface area (Å²) >= 11 is 0. The Balaban J connectivity index is 1.06. The van der Waals surface area contributed by atoms with Gasteiger partial charge in [0, 0.05) is 97.6 Å². The van der Waals surface area contributed by atoms with Crippen LogP contribution in [0.25, 0.3) is 21.8 Å². The van der Waals surface area contributed by atoms with Gasteiger partial charge in [0.15, 0.2) is 0 Å². The number of hydrogen-bond donors (Lipinski definition) is 13. The quantitative estimate of drug-likeness (QED) is 0.0765. The zero-order valence-electron chi connectivity index (χ0n) is 52.6. The number of carbonyl (C=O) groups is 11. The molecule has 0 radical (unpaired) electrons. The molecular weight excluding hydrogens is 1250 g/mol. The molecule has 96 heavy (non-hydrogen) atoms. The lowest BCUT2D eigenvalue weighted by molar-refractivity contribution is -0.147. The highest BCUT2D eigenvalue weighted by atomic mass is 19.1. The molecule has 10 rings (SSSR count). The van der Waals surface area contributed by atoms with Gasteiger partial charge in [-0.05, 0) is 110 Å². The van der Waals surface area contributed by atoms with Crippen LogP contribution in [-0.2, 0) is 84.8 Å². The van der Waals surface area contributed by atoms with Gasteiger partial charge in [-0.2, -0.15) is 0 Å². The highest BCUT2D eigenvalue weighted by Crippen LogP contribution is 2.32. The Bertz CT molecular complexity index is 4030. The number of carboxylic acids is 1. The number of aliphatic carboxylic acids is 1. The van der Waals surface area contributed by atoms with E-state index in [-0.39, 0.29) is 81.3 Å².